The fourth-order valence-electron chi connectivity index (χ4n) is 3.46. The van der Waals surface area contributed by atoms with Gasteiger partial charge in [0.2, 0.25) is 16.9 Å². The minimum Gasteiger partial charge on any atom is -0.312 e. The summed E-state index contributed by atoms with van der Waals surface area (Å²) in [5.74, 6) is 0.0314. The van der Waals surface area contributed by atoms with E-state index in [-0.39, 0.29) is 17.7 Å². The molecule has 2 heterocycles. The minimum atomic E-state index is -0.0583. The zero-order valence-corrected chi connectivity index (χ0v) is 16.8. The smallest absolute Gasteiger partial charge is 0.227 e. The number of aromatic nitrogens is 2. The van der Waals surface area contributed by atoms with Gasteiger partial charge in [-0.2, -0.15) is 0 Å². The Morgan fingerprint density at radius 1 is 1.07 bits per heavy atom. The molecule has 1 aliphatic rings. The van der Waals surface area contributed by atoms with Gasteiger partial charge in [0.15, 0.2) is 0 Å². The average Bonchev–Trinajstić information content (AvgIpc) is 3.36. The van der Waals surface area contributed by atoms with E-state index in [9.17, 15) is 9.59 Å². The summed E-state index contributed by atoms with van der Waals surface area (Å²) in [6.45, 7) is 0.586. The predicted octanol–water partition coefficient (Wildman–Crippen LogP) is 4.02. The standard InChI is InChI=1S/C22H22N4O2S/c27-19(13-7-10-16-8-3-1-4-9-16)23-22-25-24-21(29-22)17-14-20(28)26(15-17)18-11-5-2-6-12-18/h1-6,8-9,11-12,17H,7,10,13-15H2,(H,23,25,27). The van der Waals surface area contributed by atoms with Crippen LogP contribution in [-0.4, -0.2) is 28.6 Å². The first-order chi connectivity index (χ1) is 14.2. The summed E-state index contributed by atoms with van der Waals surface area (Å²) in [4.78, 5) is 26.4. The first-order valence-corrected chi connectivity index (χ1v) is 10.5. The van der Waals surface area contributed by atoms with E-state index in [4.69, 9.17) is 0 Å². The number of carbonyl (C=O) groups excluding carboxylic acids is 2. The second-order valence-corrected chi connectivity index (χ2v) is 8.08. The summed E-state index contributed by atoms with van der Waals surface area (Å²) in [6, 6.07) is 19.8. The number of nitrogens with zero attached hydrogens (tertiary/aromatic N) is 3. The van der Waals surface area contributed by atoms with Crippen molar-refractivity contribution in [1.82, 2.24) is 10.2 Å². The normalized spacial score (nSPS) is 16.2. The second kappa shape index (κ2) is 8.96. The summed E-state index contributed by atoms with van der Waals surface area (Å²) < 4.78 is 0. The van der Waals surface area contributed by atoms with Crippen molar-refractivity contribution >= 4 is 34.0 Å². The molecule has 29 heavy (non-hydrogen) atoms. The van der Waals surface area contributed by atoms with Crippen LogP contribution >= 0.6 is 11.3 Å². The Labute approximate surface area is 173 Å². The van der Waals surface area contributed by atoms with Gasteiger partial charge in [0.25, 0.3) is 0 Å². The van der Waals surface area contributed by atoms with Crippen molar-refractivity contribution in [2.45, 2.75) is 31.6 Å². The number of anilines is 2. The number of amides is 2. The Kier molecular flexibility index (Phi) is 5.95. The lowest BCUT2D eigenvalue weighted by Gasteiger charge is -2.15. The zero-order valence-electron chi connectivity index (χ0n) is 16.0. The largest absolute Gasteiger partial charge is 0.312 e. The van der Waals surface area contributed by atoms with Crippen molar-refractivity contribution in [3.63, 3.8) is 0 Å². The van der Waals surface area contributed by atoms with Crippen molar-refractivity contribution in [3.05, 3.63) is 71.2 Å². The van der Waals surface area contributed by atoms with Gasteiger partial charge < -0.3 is 10.2 Å². The SMILES string of the molecule is O=C(CCCc1ccccc1)Nc1nnc(C2CC(=O)N(c3ccccc3)C2)s1. The van der Waals surface area contributed by atoms with Crippen molar-refractivity contribution in [3.8, 4) is 0 Å². The highest BCUT2D eigenvalue weighted by molar-refractivity contribution is 7.15. The van der Waals surface area contributed by atoms with Crippen LogP contribution in [0.3, 0.4) is 0 Å². The second-order valence-electron chi connectivity index (χ2n) is 7.07. The van der Waals surface area contributed by atoms with E-state index in [1.165, 1.54) is 16.9 Å². The number of para-hydroxylation sites is 1. The number of hydrogen-bond acceptors (Lipinski definition) is 5. The van der Waals surface area contributed by atoms with E-state index in [2.05, 4.69) is 27.6 Å². The molecule has 148 valence electrons. The molecule has 1 atom stereocenters. The van der Waals surface area contributed by atoms with E-state index in [0.717, 1.165) is 23.5 Å². The first kappa shape index (κ1) is 19.3. The van der Waals surface area contributed by atoms with Crippen molar-refractivity contribution in [2.75, 3.05) is 16.8 Å². The first-order valence-electron chi connectivity index (χ1n) is 9.71. The Balaban J connectivity index is 1.29. The molecule has 6 nitrogen and oxygen atoms in total. The number of rotatable bonds is 7. The van der Waals surface area contributed by atoms with Crippen molar-refractivity contribution < 1.29 is 9.59 Å². The highest BCUT2D eigenvalue weighted by Crippen LogP contribution is 2.34. The number of nitrogens with one attached hydrogen (secondary N) is 1. The molecule has 0 saturated carbocycles. The molecule has 0 radical (unpaired) electrons. The lowest BCUT2D eigenvalue weighted by Crippen LogP contribution is -2.24. The van der Waals surface area contributed by atoms with Crippen molar-refractivity contribution in [2.24, 2.45) is 0 Å². The van der Waals surface area contributed by atoms with Crippen molar-refractivity contribution in [1.29, 1.82) is 0 Å². The molecule has 1 fully saturated rings. The monoisotopic (exact) mass is 406 g/mol. The summed E-state index contributed by atoms with van der Waals surface area (Å²) in [6.07, 6.45) is 2.50. The van der Waals surface area contributed by atoms with E-state index in [0.29, 0.717) is 24.5 Å². The predicted molar refractivity (Wildman–Crippen MR) is 114 cm³/mol. The van der Waals surface area contributed by atoms with Crippen LogP contribution in [0.25, 0.3) is 0 Å². The van der Waals surface area contributed by atoms with Gasteiger partial charge >= 0.3 is 0 Å². The summed E-state index contributed by atoms with van der Waals surface area (Å²) in [5, 5.41) is 12.4. The molecule has 2 amide bonds. The molecule has 0 aliphatic carbocycles. The fraction of sp³-hybridized carbons (Fsp3) is 0.273. The summed E-state index contributed by atoms with van der Waals surface area (Å²) in [5.41, 5.74) is 2.13. The summed E-state index contributed by atoms with van der Waals surface area (Å²) >= 11 is 1.35. The Morgan fingerprint density at radius 2 is 1.79 bits per heavy atom. The fourth-order valence-corrected chi connectivity index (χ4v) is 4.31. The molecule has 1 N–H and O–H groups in total. The van der Waals surface area contributed by atoms with Crippen LogP contribution in [0.5, 0.6) is 0 Å². The molecule has 4 rings (SSSR count). The lowest BCUT2D eigenvalue weighted by atomic mass is 10.1. The molecule has 1 unspecified atom stereocenters. The van der Waals surface area contributed by atoms with E-state index < -0.39 is 0 Å². The molecule has 3 aromatic rings. The molecule has 1 aliphatic heterocycles. The van der Waals surface area contributed by atoms with Gasteiger partial charge in [0.05, 0.1) is 0 Å². The third-order valence-electron chi connectivity index (χ3n) is 4.94. The highest BCUT2D eigenvalue weighted by atomic mass is 32.1. The molecule has 7 heteroatoms. The van der Waals surface area contributed by atoms with Crippen LogP contribution in [0.2, 0.25) is 0 Å². The number of aryl methyl sites for hydroxylation is 1. The number of hydrogen-bond donors (Lipinski definition) is 1. The van der Waals surface area contributed by atoms with Crippen LogP contribution in [0.4, 0.5) is 10.8 Å². The van der Waals surface area contributed by atoms with Gasteiger partial charge in [-0.05, 0) is 30.5 Å². The van der Waals surface area contributed by atoms with Gasteiger partial charge in [-0.25, -0.2) is 0 Å². The van der Waals surface area contributed by atoms with Gasteiger partial charge in [0.1, 0.15) is 5.01 Å². The number of carbonyl (C=O) groups is 2. The molecule has 1 saturated heterocycles. The Hall–Kier alpha value is -3.06. The number of benzene rings is 2. The maximum absolute atomic E-state index is 12.4. The zero-order chi connectivity index (χ0) is 20.1. The quantitative estimate of drug-likeness (QED) is 0.643. The van der Waals surface area contributed by atoms with Crippen LogP contribution in [0, 0.1) is 0 Å². The van der Waals surface area contributed by atoms with E-state index >= 15 is 0 Å². The maximum Gasteiger partial charge on any atom is 0.227 e. The third kappa shape index (κ3) is 4.86. The van der Waals surface area contributed by atoms with Gasteiger partial charge in [-0.3, -0.25) is 9.59 Å². The summed E-state index contributed by atoms with van der Waals surface area (Å²) in [7, 11) is 0. The molecular formula is C22H22N4O2S. The van der Waals surface area contributed by atoms with Crippen LogP contribution < -0.4 is 10.2 Å². The van der Waals surface area contributed by atoms with Crippen LogP contribution in [0.1, 0.15) is 35.8 Å². The maximum atomic E-state index is 12.4. The molecule has 0 bridgehead atoms. The molecule has 1 aromatic heterocycles. The van der Waals surface area contributed by atoms with Crippen LogP contribution in [-0.2, 0) is 16.0 Å². The van der Waals surface area contributed by atoms with Gasteiger partial charge in [-0.1, -0.05) is 59.9 Å². The van der Waals surface area contributed by atoms with Gasteiger partial charge in [0, 0.05) is 31.0 Å². The molecule has 2 aromatic carbocycles. The Morgan fingerprint density at radius 3 is 2.55 bits per heavy atom. The van der Waals surface area contributed by atoms with Crippen LogP contribution in [0.15, 0.2) is 60.7 Å². The minimum absolute atomic E-state index is 0.00365. The van der Waals surface area contributed by atoms with Gasteiger partial charge in [-0.15, -0.1) is 10.2 Å². The topological polar surface area (TPSA) is 75.2 Å². The highest BCUT2D eigenvalue weighted by Gasteiger charge is 2.33. The Bertz CT molecular complexity index is 975. The van der Waals surface area contributed by atoms with E-state index in [1.807, 2.05) is 48.5 Å². The lowest BCUT2D eigenvalue weighted by molar-refractivity contribution is -0.117. The molecular weight excluding hydrogens is 384 g/mol. The third-order valence-corrected chi connectivity index (χ3v) is 5.94. The van der Waals surface area contributed by atoms with E-state index in [1.54, 1.807) is 4.90 Å². The molecule has 0 spiro atoms. The average molecular weight is 407 g/mol.